The third-order valence-corrected chi connectivity index (χ3v) is 21.5. The van der Waals surface area contributed by atoms with Gasteiger partial charge in [0.25, 0.3) is 0 Å². The Morgan fingerprint density at radius 3 is 0.945 bits per heavy atom. The third-order valence-electron chi connectivity index (χ3n) is 21.0. The second-order valence-electron chi connectivity index (χ2n) is 27.6. The van der Waals surface area contributed by atoms with E-state index >= 15 is 0 Å². The van der Waals surface area contributed by atoms with Gasteiger partial charge in [-0.1, -0.05) is 344 Å². The molecule has 0 bridgehead atoms. The highest BCUT2D eigenvalue weighted by molar-refractivity contribution is 9.10. The summed E-state index contributed by atoms with van der Waals surface area (Å²) in [6.45, 7) is 0. The summed E-state index contributed by atoms with van der Waals surface area (Å²) >= 11 is 3.62. The zero-order chi connectivity index (χ0) is 72.8. The fourth-order valence-corrected chi connectivity index (χ4v) is 16.1. The van der Waals surface area contributed by atoms with Crippen molar-refractivity contribution in [2.24, 2.45) is 0 Å². The van der Waals surface area contributed by atoms with Gasteiger partial charge in [-0.05, 0) is 215 Å². The van der Waals surface area contributed by atoms with Crippen LogP contribution in [0.2, 0.25) is 0 Å². The molecule has 0 aliphatic heterocycles. The van der Waals surface area contributed by atoms with Crippen molar-refractivity contribution in [1.29, 1.82) is 0 Å². The number of fused-ring (bicyclic) bond motifs is 8. The minimum atomic E-state index is 1.03. The molecular formula is C105H74BrN3. The van der Waals surface area contributed by atoms with Gasteiger partial charge in [-0.25, -0.2) is 0 Å². The third kappa shape index (κ3) is 13.7. The molecule has 109 heavy (non-hydrogen) atoms. The molecule has 0 amide bonds. The monoisotopic (exact) mass is 1460 g/mol. The molecular weight excluding hydrogens is 1380 g/mol. The van der Waals surface area contributed by atoms with E-state index in [1.165, 1.54) is 149 Å². The molecule has 2 aromatic heterocycles. The molecule has 0 unspecified atom stereocenters. The van der Waals surface area contributed by atoms with Gasteiger partial charge in [0.1, 0.15) is 0 Å². The van der Waals surface area contributed by atoms with E-state index in [2.05, 4.69) is 467 Å². The second-order valence-corrected chi connectivity index (χ2v) is 28.5. The average molecular weight is 1460 g/mol. The highest BCUT2D eigenvalue weighted by atomic mass is 79.9. The van der Waals surface area contributed by atoms with Crippen molar-refractivity contribution in [3.8, 4) is 78.1 Å². The van der Waals surface area contributed by atoms with Crippen LogP contribution >= 0.6 is 15.9 Å². The van der Waals surface area contributed by atoms with Gasteiger partial charge in [0.2, 0.25) is 0 Å². The molecule has 20 rings (SSSR count). The minimum absolute atomic E-state index is 1.03. The molecule has 516 valence electrons. The smallest absolute Gasteiger partial charge is 0.0547 e. The van der Waals surface area contributed by atoms with Crippen LogP contribution in [0.3, 0.4) is 0 Å². The predicted molar refractivity (Wildman–Crippen MR) is 467 cm³/mol. The van der Waals surface area contributed by atoms with Gasteiger partial charge in [0, 0.05) is 54.5 Å². The topological polar surface area (TPSA) is 13.1 Å². The fourth-order valence-electron chi connectivity index (χ4n) is 15.8. The summed E-state index contributed by atoms with van der Waals surface area (Å²) in [5, 5.41) is 10.0. The summed E-state index contributed by atoms with van der Waals surface area (Å²) in [5.74, 6) is 0. The summed E-state index contributed by atoms with van der Waals surface area (Å²) in [4.78, 5) is 2.31. The number of benzene rings is 18. The molecule has 0 N–H and O–H groups in total. The maximum atomic E-state index is 3.62. The van der Waals surface area contributed by atoms with Crippen LogP contribution < -0.4 is 4.90 Å². The molecule has 3 nitrogen and oxygen atoms in total. The number of anilines is 3. The first-order valence-electron chi connectivity index (χ1n) is 37.3. The highest BCUT2D eigenvalue weighted by Gasteiger charge is 2.21. The molecule has 0 radical (unpaired) electrons. The molecule has 0 aliphatic rings. The van der Waals surface area contributed by atoms with Crippen molar-refractivity contribution in [2.75, 3.05) is 4.90 Å². The molecule has 0 saturated carbocycles. The van der Waals surface area contributed by atoms with Gasteiger partial charge in [-0.2, -0.15) is 0 Å². The number of halogens is 1. The normalized spacial score (nSPS) is 11.2. The van der Waals surface area contributed by atoms with Gasteiger partial charge in [0.05, 0.1) is 22.1 Å². The fraction of sp³-hybridized carbons (Fsp3) is 0.00952. The van der Waals surface area contributed by atoms with Crippen molar-refractivity contribution in [3.63, 3.8) is 0 Å². The predicted octanol–water partition coefficient (Wildman–Crippen LogP) is 29.4. The van der Waals surface area contributed by atoms with Gasteiger partial charge < -0.3 is 14.0 Å². The van der Waals surface area contributed by atoms with Crippen molar-refractivity contribution < 1.29 is 0 Å². The molecule has 2 heterocycles. The van der Waals surface area contributed by atoms with Crippen LogP contribution in [0.5, 0.6) is 0 Å². The number of nitrogens with zero attached hydrogens (tertiary/aromatic N) is 3. The minimum Gasteiger partial charge on any atom is -0.311 e. The van der Waals surface area contributed by atoms with Gasteiger partial charge in [-0.15, -0.1) is 0 Å². The summed E-state index contributed by atoms with van der Waals surface area (Å²) in [6, 6.07) is 157. The van der Waals surface area contributed by atoms with Gasteiger partial charge in [0.15, 0.2) is 0 Å². The molecule has 0 fully saturated rings. The van der Waals surface area contributed by atoms with Crippen LogP contribution in [0.25, 0.3) is 143 Å². The van der Waals surface area contributed by atoms with Crippen LogP contribution in [0.15, 0.2) is 441 Å². The van der Waals surface area contributed by atoms with E-state index in [4.69, 9.17) is 0 Å². The zero-order valence-corrected chi connectivity index (χ0v) is 61.6. The molecule has 18 aromatic carbocycles. The summed E-state index contributed by atoms with van der Waals surface area (Å²) in [7, 11) is 0. The van der Waals surface area contributed by atoms with E-state index in [-0.39, 0.29) is 0 Å². The first kappa shape index (κ1) is 67.3. The lowest BCUT2D eigenvalue weighted by atomic mass is 9.89. The first-order chi connectivity index (χ1) is 54.0. The van der Waals surface area contributed by atoms with E-state index in [1.807, 2.05) is 0 Å². The standard InChI is InChI=1S/C52H36N2.C40H26BrN.C13H12/c1-4-17-41(18-5-1)53(42-19-6-2-7-20-42)44-31-27-38(28-32-44)47-33-29-39(46-25-14-16-37-15-10-11-23-45(37)46)35-50(47)40-30-34-49-48-24-12-13-26-51(48)54(52(49)36-40)43-21-8-3-9-22-43;41-31-21-17-28(18-22-31)35-23-19-29(34-15-8-10-27-9-4-5-13-33(27)34)25-38(35)30-20-24-37-36-14-6-7-16-39(36)42(40(37)26-30)32-11-2-1-3-12-32;1-3-7-12(8-4-1)11-13-9-5-2-6-10-13/h1-36H;1-26H;1-10H,11H2. The Morgan fingerprint density at radius 1 is 0.202 bits per heavy atom. The van der Waals surface area contributed by atoms with Crippen molar-refractivity contribution in [1.82, 2.24) is 9.13 Å². The number of rotatable bonds is 13. The number of hydrogen-bond acceptors (Lipinski definition) is 1. The zero-order valence-electron chi connectivity index (χ0n) is 60.0. The SMILES string of the molecule is Brc1ccc(-c2ccc(-c3cccc4ccccc34)cc2-c2ccc3c4ccccc4n(-c4ccccc4)c3c2)cc1.c1ccc(Cc2ccccc2)cc1.c1ccc(N(c2ccccc2)c2ccc(-c3ccc(-c4cccc5ccccc45)cc3-c3ccc4c5ccccc5n(-c5ccccc5)c4c3)cc2)cc1. The van der Waals surface area contributed by atoms with E-state index < -0.39 is 0 Å². The Balaban J connectivity index is 0.000000134. The van der Waals surface area contributed by atoms with Crippen molar-refractivity contribution in [3.05, 3.63) is 452 Å². The maximum absolute atomic E-state index is 3.62. The quantitative estimate of drug-likeness (QED) is 0.112. The number of hydrogen-bond donors (Lipinski definition) is 0. The van der Waals surface area contributed by atoms with Crippen LogP contribution in [-0.2, 0) is 6.42 Å². The first-order valence-corrected chi connectivity index (χ1v) is 38.1. The lowest BCUT2D eigenvalue weighted by molar-refractivity contribution is 1.18. The van der Waals surface area contributed by atoms with Crippen LogP contribution in [0, 0.1) is 0 Å². The molecule has 4 heteroatoms. The molecule has 0 aliphatic carbocycles. The van der Waals surface area contributed by atoms with Crippen molar-refractivity contribution in [2.45, 2.75) is 6.42 Å². The summed E-state index contributed by atoms with van der Waals surface area (Å²) in [5.41, 5.74) is 27.7. The van der Waals surface area contributed by atoms with E-state index in [9.17, 15) is 0 Å². The van der Waals surface area contributed by atoms with E-state index in [0.29, 0.717) is 0 Å². The Hall–Kier alpha value is -13.6. The largest absolute Gasteiger partial charge is 0.311 e. The number of para-hydroxylation sites is 6. The highest BCUT2D eigenvalue weighted by Crippen LogP contribution is 2.45. The van der Waals surface area contributed by atoms with Crippen LogP contribution in [0.1, 0.15) is 11.1 Å². The van der Waals surface area contributed by atoms with Gasteiger partial charge in [-0.3, -0.25) is 0 Å². The summed E-state index contributed by atoms with van der Waals surface area (Å²) in [6.07, 6.45) is 1.03. The summed E-state index contributed by atoms with van der Waals surface area (Å²) < 4.78 is 5.87. The maximum Gasteiger partial charge on any atom is 0.0547 e. The molecule has 0 spiro atoms. The molecule has 0 saturated heterocycles. The Labute approximate surface area is 644 Å². The number of aromatic nitrogens is 2. The Kier molecular flexibility index (Phi) is 18.8. The van der Waals surface area contributed by atoms with Crippen molar-refractivity contribution >= 4 is 98.1 Å². The second kappa shape index (κ2) is 30.4. The Bertz CT molecular complexity index is 6510. The van der Waals surface area contributed by atoms with Crippen LogP contribution in [0.4, 0.5) is 17.1 Å². The van der Waals surface area contributed by atoms with E-state index in [0.717, 1.165) is 33.6 Å². The van der Waals surface area contributed by atoms with E-state index in [1.54, 1.807) is 0 Å². The van der Waals surface area contributed by atoms with Crippen LogP contribution in [-0.4, -0.2) is 9.13 Å². The molecule has 20 aromatic rings. The molecule has 0 atom stereocenters. The lowest BCUT2D eigenvalue weighted by Crippen LogP contribution is -2.09. The lowest BCUT2D eigenvalue weighted by Gasteiger charge is -2.25. The average Bonchev–Trinajstić information content (AvgIpc) is 1.66. The Morgan fingerprint density at radius 2 is 0.514 bits per heavy atom. The van der Waals surface area contributed by atoms with Gasteiger partial charge >= 0.3 is 0 Å².